The fraction of sp³-hybridized carbons (Fsp3) is 0.286. The van der Waals surface area contributed by atoms with Crippen LogP contribution in [0, 0.1) is 5.41 Å². The van der Waals surface area contributed by atoms with Gasteiger partial charge in [0.25, 0.3) is 11.8 Å². The maximum atomic E-state index is 13.4. The summed E-state index contributed by atoms with van der Waals surface area (Å²) in [6.07, 6.45) is 0. The second-order valence-electron chi connectivity index (χ2n) is 6.97. The van der Waals surface area contributed by atoms with Gasteiger partial charge in [-0.05, 0) is 30.7 Å². The molecule has 0 bridgehead atoms. The molecule has 2 aliphatic rings. The molecular weight excluding hydrogens is 452 g/mol. The number of aliphatic hydroxyl groups excluding tert-OH is 1. The molecule has 0 spiro atoms. The maximum Gasteiger partial charge on any atom is 0.266 e. The molecule has 30 heavy (non-hydrogen) atoms. The minimum absolute atomic E-state index is 0.149. The van der Waals surface area contributed by atoms with E-state index in [1.807, 2.05) is 30.3 Å². The van der Waals surface area contributed by atoms with Gasteiger partial charge < -0.3 is 20.0 Å². The van der Waals surface area contributed by atoms with Gasteiger partial charge in [-0.2, -0.15) is 0 Å². The van der Waals surface area contributed by atoms with Crippen LogP contribution in [0.4, 0.5) is 5.69 Å². The van der Waals surface area contributed by atoms with Crippen LogP contribution < -0.4 is 10.2 Å². The summed E-state index contributed by atoms with van der Waals surface area (Å²) in [6, 6.07) is 13.4. The van der Waals surface area contributed by atoms with Gasteiger partial charge in [0.15, 0.2) is 12.0 Å². The first-order chi connectivity index (χ1) is 14.2. The quantitative estimate of drug-likeness (QED) is 0.538. The maximum absolute atomic E-state index is 13.4. The number of carbonyl (C=O) groups is 2. The van der Waals surface area contributed by atoms with Gasteiger partial charge in [-0.1, -0.05) is 46.3 Å². The number of carbonyl (C=O) groups excluding carboxylic acids is 2. The molecule has 8 nitrogen and oxygen atoms in total. The van der Waals surface area contributed by atoms with Crippen LogP contribution in [0.25, 0.3) is 0 Å². The van der Waals surface area contributed by atoms with Gasteiger partial charge >= 0.3 is 0 Å². The van der Waals surface area contributed by atoms with E-state index in [-0.39, 0.29) is 19.1 Å². The van der Waals surface area contributed by atoms with Crippen molar-refractivity contribution >= 4 is 39.4 Å². The zero-order valence-corrected chi connectivity index (χ0v) is 18.2. The Morgan fingerprint density at radius 3 is 2.40 bits per heavy atom. The Kier molecular flexibility index (Phi) is 6.25. The van der Waals surface area contributed by atoms with Crippen molar-refractivity contribution in [3.8, 4) is 0 Å². The Morgan fingerprint density at radius 2 is 1.83 bits per heavy atom. The molecule has 1 fully saturated rings. The predicted octanol–water partition coefficient (Wildman–Crippen LogP) is 1.55. The lowest BCUT2D eigenvalue weighted by Gasteiger charge is -2.31. The molecular formula is C21H23BrN4O4. The van der Waals surface area contributed by atoms with Crippen molar-refractivity contribution in [1.29, 1.82) is 5.41 Å². The first-order valence-electron chi connectivity index (χ1n) is 9.37. The van der Waals surface area contributed by atoms with Gasteiger partial charge in [0.05, 0.1) is 12.2 Å². The van der Waals surface area contributed by atoms with E-state index >= 15 is 0 Å². The Labute approximate surface area is 182 Å². The molecule has 1 saturated heterocycles. The summed E-state index contributed by atoms with van der Waals surface area (Å²) in [5.74, 6) is -1.31. The number of aliphatic hydroxyl groups is 2. The van der Waals surface area contributed by atoms with Crippen molar-refractivity contribution < 1.29 is 19.8 Å². The number of nitrogens with zero attached hydrogens (tertiary/aromatic N) is 2. The van der Waals surface area contributed by atoms with Crippen molar-refractivity contribution in [2.75, 3.05) is 18.6 Å². The molecule has 2 aromatic carbocycles. The molecule has 4 N–H and O–H groups in total. The summed E-state index contributed by atoms with van der Waals surface area (Å²) in [7, 11) is 1.51. The number of rotatable bonds is 3. The van der Waals surface area contributed by atoms with E-state index in [4.69, 9.17) is 10.5 Å². The van der Waals surface area contributed by atoms with Crippen molar-refractivity contribution in [3.63, 3.8) is 0 Å². The Balaban J connectivity index is 0.000000806. The number of anilines is 1. The second kappa shape index (κ2) is 8.55. The lowest BCUT2D eigenvalue weighted by atomic mass is 9.86. The van der Waals surface area contributed by atoms with Crippen molar-refractivity contribution in [3.05, 3.63) is 64.1 Å². The third-order valence-corrected chi connectivity index (χ3v) is 5.53. The van der Waals surface area contributed by atoms with E-state index in [1.165, 1.54) is 16.8 Å². The highest BCUT2D eigenvalue weighted by Crippen LogP contribution is 2.46. The number of fused-ring (bicyclic) bond motifs is 1. The number of hydrogen-bond donors (Lipinski definition) is 4. The number of benzene rings is 2. The molecule has 0 aliphatic carbocycles. The summed E-state index contributed by atoms with van der Waals surface area (Å²) in [5, 5.41) is 29.3. The third kappa shape index (κ3) is 3.60. The highest BCUT2D eigenvalue weighted by Gasteiger charge is 2.61. The summed E-state index contributed by atoms with van der Waals surface area (Å²) in [5.41, 5.74) is -0.287. The number of guanidine groups is 1. The topological polar surface area (TPSA) is 117 Å². The minimum Gasteiger partial charge on any atom is -0.397 e. The standard InChI is InChI=1S/C19H17BrN4O3.C2H6O/c1-23-15(16(25)22-18(23)21)19(27)13-9-12(20)7-8-14(13)24(17(19)26)10-11-5-3-2-4-6-11;1-2-3/h2-9,15,27H,10H2,1H3,(H2,21,22,25);3H,2H2,1H3/t15-,19+;/m0./s1. The fourth-order valence-corrected chi connectivity index (χ4v) is 4.08. The molecule has 0 unspecified atom stereocenters. The van der Waals surface area contributed by atoms with Crippen LogP contribution in [0.1, 0.15) is 18.1 Å². The Bertz CT molecular complexity index is 984. The second-order valence-corrected chi connectivity index (χ2v) is 7.89. The average molecular weight is 475 g/mol. The lowest BCUT2D eigenvalue weighted by Crippen LogP contribution is -2.55. The molecule has 2 aromatic rings. The molecule has 0 aromatic heterocycles. The van der Waals surface area contributed by atoms with Crippen molar-refractivity contribution in [2.45, 2.75) is 25.1 Å². The summed E-state index contributed by atoms with van der Waals surface area (Å²) in [4.78, 5) is 28.6. The van der Waals surface area contributed by atoms with Crippen molar-refractivity contribution in [1.82, 2.24) is 10.2 Å². The molecule has 2 heterocycles. The van der Waals surface area contributed by atoms with Crippen LogP contribution >= 0.6 is 15.9 Å². The zero-order chi connectivity index (χ0) is 22.1. The van der Waals surface area contributed by atoms with Crippen molar-refractivity contribution in [2.24, 2.45) is 0 Å². The van der Waals surface area contributed by atoms with E-state index in [1.54, 1.807) is 25.1 Å². The number of amides is 2. The predicted molar refractivity (Wildman–Crippen MR) is 116 cm³/mol. The molecule has 9 heteroatoms. The largest absolute Gasteiger partial charge is 0.397 e. The first kappa shape index (κ1) is 21.9. The van der Waals surface area contributed by atoms with E-state index < -0.39 is 23.5 Å². The van der Waals surface area contributed by atoms with Gasteiger partial charge in [-0.3, -0.25) is 20.3 Å². The molecule has 0 radical (unpaired) electrons. The van der Waals surface area contributed by atoms with E-state index in [0.29, 0.717) is 15.7 Å². The molecule has 2 amide bonds. The Morgan fingerprint density at radius 1 is 1.20 bits per heavy atom. The first-order valence-corrected chi connectivity index (χ1v) is 10.2. The summed E-state index contributed by atoms with van der Waals surface area (Å²) < 4.78 is 0.685. The van der Waals surface area contributed by atoms with E-state index in [2.05, 4.69) is 21.2 Å². The third-order valence-electron chi connectivity index (χ3n) is 5.04. The van der Waals surface area contributed by atoms with Crippen LogP contribution in [-0.2, 0) is 21.7 Å². The summed E-state index contributed by atoms with van der Waals surface area (Å²) in [6.45, 7) is 2.20. The summed E-state index contributed by atoms with van der Waals surface area (Å²) >= 11 is 3.38. The molecule has 2 atom stereocenters. The smallest absolute Gasteiger partial charge is 0.266 e. The van der Waals surface area contributed by atoms with Crippen LogP contribution in [0.3, 0.4) is 0 Å². The monoisotopic (exact) mass is 474 g/mol. The molecule has 158 valence electrons. The van der Waals surface area contributed by atoms with Gasteiger partial charge in [0.1, 0.15) is 0 Å². The number of likely N-dealkylation sites (N-methyl/N-ethyl adjacent to an activating group) is 1. The van der Waals surface area contributed by atoms with Crippen LogP contribution in [0.5, 0.6) is 0 Å². The lowest BCUT2D eigenvalue weighted by molar-refractivity contribution is -0.148. The van der Waals surface area contributed by atoms with Crippen LogP contribution in [0.2, 0.25) is 0 Å². The van der Waals surface area contributed by atoms with Gasteiger partial charge in [0.2, 0.25) is 5.60 Å². The van der Waals surface area contributed by atoms with Gasteiger partial charge in [-0.25, -0.2) is 0 Å². The average Bonchev–Trinajstić information content (AvgIpc) is 3.08. The van der Waals surface area contributed by atoms with Crippen LogP contribution in [0.15, 0.2) is 53.0 Å². The molecule has 0 saturated carbocycles. The SMILES string of the molecule is CCO.CN1C(=N)NC(=O)[C@H]1[C@@]1(O)C(=O)N(Cc2ccccc2)c2ccc(Br)cc21. The highest BCUT2D eigenvalue weighted by atomic mass is 79.9. The fourth-order valence-electron chi connectivity index (χ4n) is 3.71. The Hall–Kier alpha value is -2.75. The number of hydrogen-bond acceptors (Lipinski definition) is 5. The molecule has 4 rings (SSSR count). The number of halogens is 1. The highest BCUT2D eigenvalue weighted by molar-refractivity contribution is 9.10. The van der Waals surface area contributed by atoms with E-state index in [9.17, 15) is 14.7 Å². The van der Waals surface area contributed by atoms with E-state index in [0.717, 1.165) is 5.56 Å². The molecule has 2 aliphatic heterocycles. The number of nitrogens with one attached hydrogen (secondary N) is 2. The minimum atomic E-state index is -2.09. The zero-order valence-electron chi connectivity index (χ0n) is 16.6. The van der Waals surface area contributed by atoms with Gasteiger partial charge in [-0.15, -0.1) is 0 Å². The van der Waals surface area contributed by atoms with Crippen LogP contribution in [-0.4, -0.2) is 52.6 Å². The normalized spacial score (nSPS) is 22.6. The van der Waals surface area contributed by atoms with Gasteiger partial charge in [0, 0.05) is 23.7 Å².